The molecule has 0 atom stereocenters. The van der Waals surface area contributed by atoms with Crippen molar-refractivity contribution in [2.75, 3.05) is 25.4 Å². The number of para-hydroxylation sites is 2. The third-order valence-corrected chi connectivity index (χ3v) is 5.38. The van der Waals surface area contributed by atoms with Gasteiger partial charge in [-0.05, 0) is 57.2 Å². The van der Waals surface area contributed by atoms with Crippen LogP contribution in [0.4, 0.5) is 0 Å². The fourth-order valence-electron chi connectivity index (χ4n) is 3.13. The molecule has 5 nitrogen and oxygen atoms in total. The molecule has 0 spiro atoms. The van der Waals surface area contributed by atoms with Crippen LogP contribution in [0.2, 0.25) is 0 Å². The van der Waals surface area contributed by atoms with E-state index in [0.29, 0.717) is 25.4 Å². The van der Waals surface area contributed by atoms with Gasteiger partial charge in [0.1, 0.15) is 5.75 Å². The van der Waals surface area contributed by atoms with Crippen molar-refractivity contribution in [3.63, 3.8) is 0 Å². The van der Waals surface area contributed by atoms with Crippen LogP contribution in [0.3, 0.4) is 0 Å². The Bertz CT molecular complexity index is 995. The Morgan fingerprint density at radius 1 is 1.17 bits per heavy atom. The third kappa shape index (κ3) is 5.01. The van der Waals surface area contributed by atoms with Gasteiger partial charge in [-0.2, -0.15) is 0 Å². The number of imidazole rings is 1. The van der Waals surface area contributed by atoms with Gasteiger partial charge < -0.3 is 9.64 Å². The van der Waals surface area contributed by atoms with Crippen LogP contribution in [0.1, 0.15) is 20.8 Å². The average Bonchev–Trinajstić information content (AvgIpc) is 3.09. The molecule has 0 aliphatic heterocycles. The van der Waals surface area contributed by atoms with Crippen molar-refractivity contribution in [3.05, 3.63) is 60.7 Å². The van der Waals surface area contributed by atoms with Gasteiger partial charge >= 0.3 is 0 Å². The zero-order chi connectivity index (χ0) is 20.8. The van der Waals surface area contributed by atoms with E-state index in [-0.39, 0.29) is 5.91 Å². The molecule has 29 heavy (non-hydrogen) atoms. The largest absolute Gasteiger partial charge is 0.494 e. The van der Waals surface area contributed by atoms with Crippen molar-refractivity contribution in [2.24, 2.45) is 0 Å². The van der Waals surface area contributed by atoms with Gasteiger partial charge in [0, 0.05) is 18.8 Å². The summed E-state index contributed by atoms with van der Waals surface area (Å²) in [6, 6.07) is 16.0. The van der Waals surface area contributed by atoms with Gasteiger partial charge in [-0.1, -0.05) is 36.0 Å². The van der Waals surface area contributed by atoms with Gasteiger partial charge in [0.05, 0.1) is 23.4 Å². The Hall–Kier alpha value is -2.73. The molecule has 0 saturated carbocycles. The van der Waals surface area contributed by atoms with Crippen LogP contribution >= 0.6 is 11.8 Å². The fraction of sp³-hybridized carbons (Fsp3) is 0.304. The molecular weight excluding hydrogens is 382 g/mol. The molecule has 6 heteroatoms. The number of nitrogens with zero attached hydrogens (tertiary/aromatic N) is 3. The normalized spacial score (nSPS) is 10.9. The maximum absolute atomic E-state index is 12.7. The van der Waals surface area contributed by atoms with Crippen molar-refractivity contribution in [1.29, 1.82) is 0 Å². The van der Waals surface area contributed by atoms with Gasteiger partial charge in [0.2, 0.25) is 5.91 Å². The lowest BCUT2D eigenvalue weighted by Gasteiger charge is -2.20. The van der Waals surface area contributed by atoms with Crippen LogP contribution in [-0.2, 0) is 4.79 Å². The maximum atomic E-state index is 12.7. The summed E-state index contributed by atoms with van der Waals surface area (Å²) >= 11 is 1.46. The molecule has 1 heterocycles. The summed E-state index contributed by atoms with van der Waals surface area (Å²) in [7, 11) is 0. The molecule has 3 aromatic rings. The maximum Gasteiger partial charge on any atom is 0.233 e. The van der Waals surface area contributed by atoms with Crippen LogP contribution in [0.15, 0.2) is 65.8 Å². The quantitative estimate of drug-likeness (QED) is 0.371. The van der Waals surface area contributed by atoms with Crippen LogP contribution in [-0.4, -0.2) is 45.8 Å². The number of amides is 1. The lowest BCUT2D eigenvalue weighted by atomic mass is 10.2. The highest BCUT2D eigenvalue weighted by molar-refractivity contribution is 7.99. The number of hydrogen-bond donors (Lipinski definition) is 0. The van der Waals surface area contributed by atoms with E-state index in [1.54, 1.807) is 0 Å². The Labute approximate surface area is 176 Å². The van der Waals surface area contributed by atoms with E-state index in [4.69, 9.17) is 9.72 Å². The Balaban J connectivity index is 1.89. The minimum atomic E-state index is 0.0887. The van der Waals surface area contributed by atoms with Gasteiger partial charge in [-0.25, -0.2) is 4.98 Å². The summed E-state index contributed by atoms with van der Waals surface area (Å²) in [4.78, 5) is 19.3. The van der Waals surface area contributed by atoms with E-state index in [9.17, 15) is 4.79 Å². The van der Waals surface area contributed by atoms with Gasteiger partial charge in [0.25, 0.3) is 0 Å². The topological polar surface area (TPSA) is 47.4 Å². The Kier molecular flexibility index (Phi) is 6.99. The Morgan fingerprint density at radius 2 is 1.90 bits per heavy atom. The molecule has 0 fully saturated rings. The number of likely N-dealkylation sites (N-methyl/N-ethyl adjacent to an activating group) is 1. The van der Waals surface area contributed by atoms with Crippen molar-refractivity contribution < 1.29 is 9.53 Å². The number of ether oxygens (including phenoxy) is 1. The first-order valence-electron chi connectivity index (χ1n) is 9.79. The molecule has 152 valence electrons. The van der Waals surface area contributed by atoms with Gasteiger partial charge in [-0.3, -0.25) is 9.36 Å². The van der Waals surface area contributed by atoms with E-state index in [1.807, 2.05) is 74.2 Å². The molecule has 0 N–H and O–H groups in total. The molecule has 3 rings (SSSR count). The zero-order valence-corrected chi connectivity index (χ0v) is 18.0. The second-order valence-electron chi connectivity index (χ2n) is 6.80. The van der Waals surface area contributed by atoms with Crippen LogP contribution in [0.5, 0.6) is 5.75 Å². The number of fused-ring (bicyclic) bond motifs is 1. The monoisotopic (exact) mass is 409 g/mol. The highest BCUT2D eigenvalue weighted by atomic mass is 32.2. The number of thioether (sulfide) groups is 1. The molecule has 0 saturated heterocycles. The van der Waals surface area contributed by atoms with E-state index in [1.165, 1.54) is 11.8 Å². The van der Waals surface area contributed by atoms with Crippen molar-refractivity contribution >= 4 is 28.7 Å². The predicted molar refractivity (Wildman–Crippen MR) is 120 cm³/mol. The van der Waals surface area contributed by atoms with Crippen molar-refractivity contribution in [2.45, 2.75) is 25.9 Å². The first-order chi connectivity index (χ1) is 14.0. The minimum Gasteiger partial charge on any atom is -0.494 e. The molecule has 0 radical (unpaired) electrons. The van der Waals surface area contributed by atoms with Crippen molar-refractivity contribution in [1.82, 2.24) is 14.5 Å². The predicted octanol–water partition coefficient (Wildman–Crippen LogP) is 4.94. The molecule has 0 aliphatic rings. The number of carbonyl (C=O) groups excluding carboxylic acids is 1. The lowest BCUT2D eigenvalue weighted by Crippen LogP contribution is -2.33. The minimum absolute atomic E-state index is 0.0887. The first-order valence-corrected chi connectivity index (χ1v) is 10.8. The SMILES string of the molecule is C=C(C)CN(CC)C(=O)CSc1nc2ccccc2n1-c1ccc(OCC)cc1. The standard InChI is InChI=1S/C23H27N3O2S/c1-5-25(15-17(3)4)22(27)16-29-23-24-20-9-7-8-10-21(20)26(23)18-11-13-19(14-12-18)28-6-2/h7-14H,3,5-6,15-16H2,1-2,4H3. The summed E-state index contributed by atoms with van der Waals surface area (Å²) in [6.07, 6.45) is 0. The molecule has 0 aliphatic carbocycles. The summed E-state index contributed by atoms with van der Waals surface area (Å²) in [6.45, 7) is 11.7. The number of benzene rings is 2. The summed E-state index contributed by atoms with van der Waals surface area (Å²) < 4.78 is 7.65. The van der Waals surface area contributed by atoms with E-state index < -0.39 is 0 Å². The number of hydrogen-bond acceptors (Lipinski definition) is 4. The molecule has 2 aromatic carbocycles. The van der Waals surface area contributed by atoms with Gasteiger partial charge in [-0.15, -0.1) is 0 Å². The molecule has 0 bridgehead atoms. The summed E-state index contributed by atoms with van der Waals surface area (Å²) in [5.74, 6) is 1.26. The van der Waals surface area contributed by atoms with E-state index in [2.05, 4.69) is 11.1 Å². The highest BCUT2D eigenvalue weighted by Gasteiger charge is 2.17. The zero-order valence-electron chi connectivity index (χ0n) is 17.2. The van der Waals surface area contributed by atoms with Crippen LogP contribution in [0, 0.1) is 0 Å². The Morgan fingerprint density at radius 3 is 2.55 bits per heavy atom. The molecule has 1 aromatic heterocycles. The number of carbonyl (C=O) groups is 1. The van der Waals surface area contributed by atoms with Gasteiger partial charge in [0.15, 0.2) is 5.16 Å². The number of aromatic nitrogens is 2. The molecule has 0 unspecified atom stereocenters. The summed E-state index contributed by atoms with van der Waals surface area (Å²) in [5.41, 5.74) is 3.89. The molecular formula is C23H27N3O2S. The third-order valence-electron chi connectivity index (χ3n) is 4.46. The summed E-state index contributed by atoms with van der Waals surface area (Å²) in [5, 5.41) is 0.801. The highest BCUT2D eigenvalue weighted by Crippen LogP contribution is 2.29. The molecule has 1 amide bonds. The second-order valence-corrected chi connectivity index (χ2v) is 7.74. The van der Waals surface area contributed by atoms with E-state index in [0.717, 1.165) is 33.2 Å². The average molecular weight is 410 g/mol. The smallest absolute Gasteiger partial charge is 0.233 e. The lowest BCUT2D eigenvalue weighted by molar-refractivity contribution is -0.127. The van der Waals surface area contributed by atoms with E-state index >= 15 is 0 Å². The van der Waals surface area contributed by atoms with Crippen LogP contribution in [0.25, 0.3) is 16.7 Å². The van der Waals surface area contributed by atoms with Crippen molar-refractivity contribution in [3.8, 4) is 11.4 Å². The fourth-order valence-corrected chi connectivity index (χ4v) is 4.06. The first kappa shape index (κ1) is 21.0. The second kappa shape index (κ2) is 9.65. The van der Waals surface area contributed by atoms with Crippen LogP contribution < -0.4 is 4.74 Å². The number of rotatable bonds is 9.